The molecule has 0 spiro atoms. The first-order valence-electron chi connectivity index (χ1n) is 7.17. The Kier molecular flexibility index (Phi) is 5.22. The molecule has 1 fully saturated rings. The Morgan fingerprint density at radius 2 is 1.67 bits per heavy atom. The first-order chi connectivity index (χ1) is 9.90. The molecule has 1 unspecified atom stereocenters. The van der Waals surface area contributed by atoms with Crippen LogP contribution in [0, 0.1) is 17.7 Å². The van der Waals surface area contributed by atoms with Gasteiger partial charge in [-0.05, 0) is 55.7 Å². The van der Waals surface area contributed by atoms with E-state index in [4.69, 9.17) is 5.84 Å². The second-order valence-corrected chi connectivity index (χ2v) is 5.76. The minimum Gasteiger partial charge on any atom is -0.271 e. The Bertz CT molecular complexity index is 436. The molecule has 0 amide bonds. The van der Waals surface area contributed by atoms with Crippen LogP contribution < -0.4 is 11.3 Å². The summed E-state index contributed by atoms with van der Waals surface area (Å²) >= 11 is 0. The Morgan fingerprint density at radius 3 is 2.14 bits per heavy atom. The van der Waals surface area contributed by atoms with E-state index in [1.165, 1.54) is 12.1 Å². The molecule has 2 rings (SSSR count). The van der Waals surface area contributed by atoms with Crippen molar-refractivity contribution in [1.29, 1.82) is 0 Å². The number of rotatable bonds is 4. The minimum atomic E-state index is -4.09. The van der Waals surface area contributed by atoms with Crippen LogP contribution in [-0.2, 0) is 6.42 Å². The quantitative estimate of drug-likeness (QED) is 0.507. The summed E-state index contributed by atoms with van der Waals surface area (Å²) in [5.41, 5.74) is 3.64. The van der Waals surface area contributed by atoms with Crippen molar-refractivity contribution in [3.8, 4) is 0 Å². The zero-order valence-corrected chi connectivity index (χ0v) is 11.7. The van der Waals surface area contributed by atoms with Crippen LogP contribution in [0.4, 0.5) is 17.6 Å². The van der Waals surface area contributed by atoms with Crippen molar-refractivity contribution in [2.24, 2.45) is 17.7 Å². The monoisotopic (exact) mass is 304 g/mol. The number of benzene rings is 1. The minimum absolute atomic E-state index is 0.0790. The van der Waals surface area contributed by atoms with Crippen LogP contribution in [0.5, 0.6) is 0 Å². The molecule has 0 aromatic heterocycles. The van der Waals surface area contributed by atoms with Gasteiger partial charge in [-0.25, -0.2) is 4.39 Å². The first-order valence-corrected chi connectivity index (χ1v) is 7.17. The average Bonchev–Trinajstić information content (AvgIpc) is 2.46. The summed E-state index contributed by atoms with van der Waals surface area (Å²) in [6.45, 7) is 0. The molecule has 1 aliphatic carbocycles. The topological polar surface area (TPSA) is 38.0 Å². The highest BCUT2D eigenvalue weighted by atomic mass is 19.4. The van der Waals surface area contributed by atoms with Gasteiger partial charge in [-0.3, -0.25) is 11.3 Å². The van der Waals surface area contributed by atoms with E-state index in [-0.39, 0.29) is 30.6 Å². The van der Waals surface area contributed by atoms with Crippen molar-refractivity contribution in [2.45, 2.75) is 44.3 Å². The van der Waals surface area contributed by atoms with E-state index >= 15 is 0 Å². The molecule has 118 valence electrons. The Morgan fingerprint density at radius 1 is 1.10 bits per heavy atom. The molecule has 0 saturated heterocycles. The van der Waals surface area contributed by atoms with Crippen molar-refractivity contribution in [3.63, 3.8) is 0 Å². The lowest BCUT2D eigenvalue weighted by Crippen LogP contribution is -2.44. The fourth-order valence-corrected chi connectivity index (χ4v) is 3.08. The second-order valence-electron chi connectivity index (χ2n) is 5.76. The third kappa shape index (κ3) is 4.41. The van der Waals surface area contributed by atoms with Gasteiger partial charge in [-0.2, -0.15) is 13.2 Å². The van der Waals surface area contributed by atoms with Crippen LogP contribution in [0.2, 0.25) is 0 Å². The fourth-order valence-electron chi connectivity index (χ4n) is 3.08. The van der Waals surface area contributed by atoms with Gasteiger partial charge >= 0.3 is 6.18 Å². The van der Waals surface area contributed by atoms with Crippen molar-refractivity contribution in [2.75, 3.05) is 0 Å². The summed E-state index contributed by atoms with van der Waals surface area (Å²) in [6, 6.07) is 6.04. The van der Waals surface area contributed by atoms with Crippen molar-refractivity contribution in [3.05, 3.63) is 35.6 Å². The average molecular weight is 304 g/mol. The summed E-state index contributed by atoms with van der Waals surface area (Å²) in [6.07, 6.45) is -2.14. The predicted molar refractivity (Wildman–Crippen MR) is 72.7 cm³/mol. The SMILES string of the molecule is NNC(Cc1ccc(F)cc1)C1CCC(C(F)(F)F)CC1. The molecule has 0 bridgehead atoms. The first kappa shape index (κ1) is 16.2. The molecule has 21 heavy (non-hydrogen) atoms. The van der Waals surface area contributed by atoms with Gasteiger partial charge in [0.15, 0.2) is 0 Å². The highest BCUT2D eigenvalue weighted by Crippen LogP contribution is 2.40. The molecule has 0 aliphatic heterocycles. The Hall–Kier alpha value is -1.14. The highest BCUT2D eigenvalue weighted by Gasteiger charge is 2.42. The molecule has 1 aliphatic rings. The van der Waals surface area contributed by atoms with Crippen molar-refractivity contribution >= 4 is 0 Å². The number of alkyl halides is 3. The number of hydrogen-bond acceptors (Lipinski definition) is 2. The van der Waals surface area contributed by atoms with Gasteiger partial charge in [0.05, 0.1) is 5.92 Å². The Balaban J connectivity index is 1.92. The maximum Gasteiger partial charge on any atom is 0.391 e. The van der Waals surface area contributed by atoms with Gasteiger partial charge in [0, 0.05) is 6.04 Å². The number of hydrogen-bond donors (Lipinski definition) is 2. The van der Waals surface area contributed by atoms with E-state index in [0.29, 0.717) is 19.3 Å². The Labute approximate surface area is 121 Å². The van der Waals surface area contributed by atoms with E-state index in [1.54, 1.807) is 12.1 Å². The number of nitrogens with one attached hydrogen (secondary N) is 1. The molecular weight excluding hydrogens is 284 g/mol. The van der Waals surface area contributed by atoms with Gasteiger partial charge in [-0.1, -0.05) is 12.1 Å². The summed E-state index contributed by atoms with van der Waals surface area (Å²) in [5, 5.41) is 0. The maximum absolute atomic E-state index is 12.9. The van der Waals surface area contributed by atoms with E-state index in [0.717, 1.165) is 5.56 Å². The normalized spacial score (nSPS) is 24.8. The van der Waals surface area contributed by atoms with Gasteiger partial charge in [0.25, 0.3) is 0 Å². The van der Waals surface area contributed by atoms with Gasteiger partial charge < -0.3 is 0 Å². The van der Waals surface area contributed by atoms with E-state index in [9.17, 15) is 17.6 Å². The number of halogens is 4. The molecular formula is C15H20F4N2. The summed E-state index contributed by atoms with van der Waals surface area (Å²) in [4.78, 5) is 0. The zero-order valence-electron chi connectivity index (χ0n) is 11.7. The van der Waals surface area contributed by atoms with Crippen LogP contribution >= 0.6 is 0 Å². The molecule has 1 aromatic rings. The molecule has 1 aromatic carbocycles. The van der Waals surface area contributed by atoms with Gasteiger partial charge in [0.1, 0.15) is 5.82 Å². The maximum atomic E-state index is 12.9. The number of hydrazine groups is 1. The lowest BCUT2D eigenvalue weighted by molar-refractivity contribution is -0.184. The smallest absolute Gasteiger partial charge is 0.271 e. The predicted octanol–water partition coefficient (Wildman–Crippen LogP) is 3.57. The van der Waals surface area contributed by atoms with Crippen LogP contribution in [0.3, 0.4) is 0 Å². The van der Waals surface area contributed by atoms with Crippen molar-refractivity contribution in [1.82, 2.24) is 5.43 Å². The molecule has 2 nitrogen and oxygen atoms in total. The van der Waals surface area contributed by atoms with Gasteiger partial charge in [0.2, 0.25) is 0 Å². The standard InChI is InChI=1S/C15H20F4N2/c16-13-7-1-10(2-8-13)9-14(21-20)11-3-5-12(6-4-11)15(17,18)19/h1-2,7-8,11-12,14,21H,3-6,9,20H2. The molecule has 0 heterocycles. The third-order valence-electron chi connectivity index (χ3n) is 4.39. The number of nitrogens with two attached hydrogens (primary N) is 1. The molecule has 1 saturated carbocycles. The highest BCUT2D eigenvalue weighted by molar-refractivity contribution is 5.17. The zero-order chi connectivity index (χ0) is 15.5. The molecule has 6 heteroatoms. The summed E-state index contributed by atoms with van der Waals surface area (Å²) in [7, 11) is 0. The van der Waals surface area contributed by atoms with E-state index in [1.807, 2.05) is 0 Å². The molecule has 3 N–H and O–H groups in total. The third-order valence-corrected chi connectivity index (χ3v) is 4.39. The fraction of sp³-hybridized carbons (Fsp3) is 0.600. The van der Waals surface area contributed by atoms with Crippen LogP contribution in [0.15, 0.2) is 24.3 Å². The van der Waals surface area contributed by atoms with Crippen LogP contribution in [0.1, 0.15) is 31.2 Å². The molecule has 1 atom stereocenters. The van der Waals surface area contributed by atoms with E-state index in [2.05, 4.69) is 5.43 Å². The summed E-state index contributed by atoms with van der Waals surface area (Å²) < 4.78 is 50.8. The van der Waals surface area contributed by atoms with E-state index < -0.39 is 12.1 Å². The second kappa shape index (κ2) is 6.75. The molecule has 0 radical (unpaired) electrons. The lowest BCUT2D eigenvalue weighted by atomic mass is 9.77. The lowest BCUT2D eigenvalue weighted by Gasteiger charge is -2.34. The summed E-state index contributed by atoms with van der Waals surface area (Å²) in [5.74, 6) is 4.19. The van der Waals surface area contributed by atoms with Gasteiger partial charge in [-0.15, -0.1) is 0 Å². The van der Waals surface area contributed by atoms with Crippen LogP contribution in [0.25, 0.3) is 0 Å². The van der Waals surface area contributed by atoms with Crippen molar-refractivity contribution < 1.29 is 17.6 Å². The van der Waals surface area contributed by atoms with Crippen LogP contribution in [-0.4, -0.2) is 12.2 Å². The largest absolute Gasteiger partial charge is 0.391 e.